The minimum Gasteiger partial charge on any atom is -0.467 e. The molecule has 0 aliphatic rings. The third kappa shape index (κ3) is 6.78. The van der Waals surface area contributed by atoms with Crippen molar-refractivity contribution in [1.82, 2.24) is 5.32 Å². The van der Waals surface area contributed by atoms with Gasteiger partial charge in [0.25, 0.3) is 5.91 Å². The van der Waals surface area contributed by atoms with Crippen LogP contribution in [-0.2, 0) is 9.53 Å². The maximum absolute atomic E-state index is 13.1. The molecule has 0 saturated carbocycles. The maximum atomic E-state index is 13.1. The van der Waals surface area contributed by atoms with Gasteiger partial charge in [0, 0.05) is 29.6 Å². The van der Waals surface area contributed by atoms with Crippen LogP contribution in [0.25, 0.3) is 11.1 Å². The molecule has 7 heteroatoms. The molecule has 0 fully saturated rings. The van der Waals surface area contributed by atoms with E-state index in [0.29, 0.717) is 24.3 Å². The van der Waals surface area contributed by atoms with Crippen molar-refractivity contribution in [3.05, 3.63) is 54.1 Å². The van der Waals surface area contributed by atoms with E-state index in [1.54, 1.807) is 6.07 Å². The van der Waals surface area contributed by atoms with E-state index in [4.69, 9.17) is 10.5 Å². The summed E-state index contributed by atoms with van der Waals surface area (Å²) >= 11 is 4.21. The van der Waals surface area contributed by atoms with E-state index in [1.165, 1.54) is 7.11 Å². The van der Waals surface area contributed by atoms with Crippen LogP contribution < -0.4 is 16.4 Å². The van der Waals surface area contributed by atoms with Gasteiger partial charge in [-0.2, -0.15) is 12.6 Å². The van der Waals surface area contributed by atoms with Crippen molar-refractivity contribution in [2.24, 2.45) is 11.7 Å². The molecule has 0 saturated heterocycles. The van der Waals surface area contributed by atoms with Crippen molar-refractivity contribution in [2.75, 3.05) is 24.7 Å². The molecular formula is C23H31N3O3S. The van der Waals surface area contributed by atoms with Crippen LogP contribution in [0, 0.1) is 5.92 Å². The third-order valence-electron chi connectivity index (χ3n) is 4.65. The second-order valence-corrected chi connectivity index (χ2v) is 7.99. The lowest BCUT2D eigenvalue weighted by atomic mass is 9.97. The first-order valence-corrected chi connectivity index (χ1v) is 10.7. The number of rotatable bonds is 10. The quantitative estimate of drug-likeness (QED) is 0.343. The van der Waals surface area contributed by atoms with Gasteiger partial charge in [-0.05, 0) is 41.7 Å². The minimum absolute atomic E-state index is 0.0756. The molecule has 0 unspecified atom stereocenters. The number of carbonyl (C=O) groups is 2. The first-order chi connectivity index (χ1) is 14.3. The van der Waals surface area contributed by atoms with Gasteiger partial charge in [0.05, 0.1) is 7.11 Å². The third-order valence-corrected chi connectivity index (χ3v) is 5.12. The zero-order valence-corrected chi connectivity index (χ0v) is 18.6. The predicted octanol–water partition coefficient (Wildman–Crippen LogP) is 3.34. The Hall–Kier alpha value is -2.51. The Balaban J connectivity index is 2.35. The van der Waals surface area contributed by atoms with Crippen molar-refractivity contribution in [2.45, 2.75) is 32.4 Å². The number of methoxy groups -OCH3 is 1. The van der Waals surface area contributed by atoms with Crippen molar-refractivity contribution in [1.29, 1.82) is 0 Å². The summed E-state index contributed by atoms with van der Waals surface area (Å²) in [5.41, 5.74) is 8.96. The highest BCUT2D eigenvalue weighted by Crippen LogP contribution is 2.27. The summed E-state index contributed by atoms with van der Waals surface area (Å²) < 4.78 is 4.87. The van der Waals surface area contributed by atoms with E-state index >= 15 is 0 Å². The van der Waals surface area contributed by atoms with Gasteiger partial charge >= 0.3 is 5.97 Å². The van der Waals surface area contributed by atoms with Crippen molar-refractivity contribution >= 4 is 30.2 Å². The van der Waals surface area contributed by atoms with Crippen LogP contribution in [0.2, 0.25) is 0 Å². The number of carbonyl (C=O) groups excluding carboxylic acids is 2. The molecule has 6 nitrogen and oxygen atoms in total. The number of hydrogen-bond acceptors (Lipinski definition) is 6. The van der Waals surface area contributed by atoms with E-state index in [1.807, 2.05) is 56.3 Å². The van der Waals surface area contributed by atoms with Crippen LogP contribution in [0.5, 0.6) is 0 Å². The molecule has 2 aromatic carbocycles. The molecule has 0 heterocycles. The van der Waals surface area contributed by atoms with Crippen LogP contribution in [0.3, 0.4) is 0 Å². The van der Waals surface area contributed by atoms with E-state index in [2.05, 4.69) is 23.3 Å². The smallest absolute Gasteiger partial charge is 0.328 e. The molecule has 0 bridgehead atoms. The van der Waals surface area contributed by atoms with Crippen molar-refractivity contribution in [3.63, 3.8) is 0 Å². The Morgan fingerprint density at radius 1 is 1.13 bits per heavy atom. The Kier molecular flexibility index (Phi) is 9.20. The highest BCUT2D eigenvalue weighted by Gasteiger charge is 2.24. The fraction of sp³-hybridized carbons (Fsp3) is 0.391. The van der Waals surface area contributed by atoms with Gasteiger partial charge in [0.1, 0.15) is 6.04 Å². The predicted molar refractivity (Wildman–Crippen MR) is 125 cm³/mol. The standard InChI is InChI=1S/C23H31N3O3S/c1-15(2)11-21(23(28)29-3)26-22(27)19-10-9-18(25-13-17(24)14-30)12-20(19)16-7-5-4-6-8-16/h4-10,12,15,17,21,25,30H,11,13-14,24H2,1-3H3,(H,26,27)/t17-,21+/m1/s1. The molecule has 0 aliphatic heterocycles. The summed E-state index contributed by atoms with van der Waals surface area (Å²) in [4.78, 5) is 25.2. The van der Waals surface area contributed by atoms with Gasteiger partial charge < -0.3 is 21.1 Å². The van der Waals surface area contributed by atoms with Crippen LogP contribution in [0.4, 0.5) is 5.69 Å². The maximum Gasteiger partial charge on any atom is 0.328 e. The van der Waals surface area contributed by atoms with Gasteiger partial charge in [0.15, 0.2) is 0 Å². The highest BCUT2D eigenvalue weighted by atomic mass is 32.1. The summed E-state index contributed by atoms with van der Waals surface area (Å²) in [6.07, 6.45) is 0.500. The number of amides is 1. The lowest BCUT2D eigenvalue weighted by Gasteiger charge is -2.20. The number of anilines is 1. The largest absolute Gasteiger partial charge is 0.467 e. The summed E-state index contributed by atoms with van der Waals surface area (Å²) in [7, 11) is 1.33. The number of ether oxygens (including phenoxy) is 1. The average molecular weight is 430 g/mol. The minimum atomic E-state index is -0.697. The second-order valence-electron chi connectivity index (χ2n) is 7.63. The van der Waals surface area contributed by atoms with Gasteiger partial charge in [-0.15, -0.1) is 0 Å². The number of nitrogens with one attached hydrogen (secondary N) is 2. The van der Waals surface area contributed by atoms with Gasteiger partial charge in [-0.25, -0.2) is 4.79 Å². The summed E-state index contributed by atoms with van der Waals surface area (Å²) in [5.74, 6) is 0.0375. The van der Waals surface area contributed by atoms with E-state index < -0.39 is 12.0 Å². The molecule has 1 amide bonds. The zero-order valence-electron chi connectivity index (χ0n) is 17.7. The second kappa shape index (κ2) is 11.6. The zero-order chi connectivity index (χ0) is 22.1. The Labute approximate surface area is 184 Å². The molecule has 30 heavy (non-hydrogen) atoms. The average Bonchev–Trinajstić information content (AvgIpc) is 2.76. The molecule has 0 aromatic heterocycles. The number of nitrogens with two attached hydrogens (primary N) is 1. The summed E-state index contributed by atoms with van der Waals surface area (Å²) in [6, 6.07) is 14.4. The molecule has 2 aromatic rings. The van der Waals surface area contributed by atoms with Crippen molar-refractivity contribution < 1.29 is 14.3 Å². The van der Waals surface area contributed by atoms with Crippen molar-refractivity contribution in [3.8, 4) is 11.1 Å². The normalized spacial score (nSPS) is 12.9. The number of esters is 1. The van der Waals surface area contributed by atoms with E-state index in [-0.39, 0.29) is 17.9 Å². The SMILES string of the molecule is COC(=O)[C@H](CC(C)C)NC(=O)c1ccc(NC[C@@H](N)CS)cc1-c1ccccc1. The number of hydrogen-bond donors (Lipinski definition) is 4. The number of thiol groups is 1. The van der Waals surface area contributed by atoms with Gasteiger partial charge in [-0.3, -0.25) is 4.79 Å². The Bertz CT molecular complexity index is 843. The molecule has 4 N–H and O–H groups in total. The molecule has 0 spiro atoms. The van der Waals surface area contributed by atoms with E-state index in [0.717, 1.165) is 16.8 Å². The van der Waals surface area contributed by atoms with Gasteiger partial charge in [-0.1, -0.05) is 44.2 Å². The first-order valence-electron chi connectivity index (χ1n) is 10.0. The molecular weight excluding hydrogens is 398 g/mol. The highest BCUT2D eigenvalue weighted by molar-refractivity contribution is 7.80. The fourth-order valence-corrected chi connectivity index (χ4v) is 3.22. The molecule has 0 radical (unpaired) electrons. The molecule has 0 aliphatic carbocycles. The summed E-state index contributed by atoms with van der Waals surface area (Å²) in [5, 5.41) is 6.13. The Morgan fingerprint density at radius 2 is 1.83 bits per heavy atom. The first kappa shape index (κ1) is 23.8. The van der Waals surface area contributed by atoms with Crippen LogP contribution >= 0.6 is 12.6 Å². The van der Waals surface area contributed by atoms with Crippen LogP contribution in [0.1, 0.15) is 30.6 Å². The van der Waals surface area contributed by atoms with Gasteiger partial charge in [0.2, 0.25) is 0 Å². The monoisotopic (exact) mass is 429 g/mol. The molecule has 2 atom stereocenters. The summed E-state index contributed by atoms with van der Waals surface area (Å²) in [6.45, 7) is 4.56. The van der Waals surface area contributed by atoms with Crippen LogP contribution in [-0.4, -0.2) is 43.4 Å². The molecule has 162 valence electrons. The lowest BCUT2D eigenvalue weighted by molar-refractivity contribution is -0.143. The lowest BCUT2D eigenvalue weighted by Crippen LogP contribution is -2.42. The number of benzene rings is 2. The topological polar surface area (TPSA) is 93.4 Å². The van der Waals surface area contributed by atoms with E-state index in [9.17, 15) is 9.59 Å². The Morgan fingerprint density at radius 3 is 2.43 bits per heavy atom. The molecule has 2 rings (SSSR count). The fourth-order valence-electron chi connectivity index (χ4n) is 3.09. The van der Waals surface area contributed by atoms with Crippen LogP contribution in [0.15, 0.2) is 48.5 Å².